The highest BCUT2D eigenvalue weighted by molar-refractivity contribution is 8.00. The third-order valence-electron chi connectivity index (χ3n) is 3.94. The van der Waals surface area contributed by atoms with Gasteiger partial charge in [0.25, 0.3) is 0 Å². The summed E-state index contributed by atoms with van der Waals surface area (Å²) in [6, 6.07) is 8.24. The molecule has 3 aromatic rings. The van der Waals surface area contributed by atoms with Crippen LogP contribution in [0.3, 0.4) is 0 Å². The van der Waals surface area contributed by atoms with Gasteiger partial charge in [-0.05, 0) is 44.2 Å². The number of urea groups is 1. The van der Waals surface area contributed by atoms with Crippen molar-refractivity contribution in [3.05, 3.63) is 52.8 Å². The van der Waals surface area contributed by atoms with E-state index in [9.17, 15) is 9.59 Å². The van der Waals surface area contributed by atoms with Crippen molar-refractivity contribution in [1.29, 1.82) is 0 Å². The van der Waals surface area contributed by atoms with Crippen molar-refractivity contribution >= 4 is 46.9 Å². The lowest BCUT2D eigenvalue weighted by Crippen LogP contribution is -2.42. The van der Waals surface area contributed by atoms with Gasteiger partial charge in [0.05, 0.1) is 21.0 Å². The maximum absolute atomic E-state index is 12.4. The van der Waals surface area contributed by atoms with Crippen LogP contribution in [-0.4, -0.2) is 43.5 Å². The Labute approximate surface area is 187 Å². The van der Waals surface area contributed by atoms with Gasteiger partial charge in [0.1, 0.15) is 0 Å². The first-order chi connectivity index (χ1) is 14.4. The summed E-state index contributed by atoms with van der Waals surface area (Å²) in [5.41, 5.74) is 1.41. The molecule has 30 heavy (non-hydrogen) atoms. The second-order valence-electron chi connectivity index (χ2n) is 6.09. The summed E-state index contributed by atoms with van der Waals surface area (Å²) in [4.78, 5) is 28.1. The van der Waals surface area contributed by atoms with Gasteiger partial charge >= 0.3 is 6.03 Å². The quantitative estimate of drug-likeness (QED) is 0.535. The standard InChI is InChI=1S/C19H18Cl2N6O2S/c1-3-23-18(29)24-17(28)11(2)30-19-26-25-16(12-5-4-8-22-10-12)27(19)13-6-7-14(20)15(21)9-13/h4-11H,3H2,1-2H3,(H2,23,24,28,29). The molecule has 3 rings (SSSR count). The summed E-state index contributed by atoms with van der Waals surface area (Å²) < 4.78 is 1.76. The molecule has 8 nitrogen and oxygen atoms in total. The zero-order chi connectivity index (χ0) is 21.7. The largest absolute Gasteiger partial charge is 0.338 e. The second-order valence-corrected chi connectivity index (χ2v) is 8.21. The van der Waals surface area contributed by atoms with Crippen molar-refractivity contribution in [2.45, 2.75) is 24.3 Å². The number of thioether (sulfide) groups is 1. The van der Waals surface area contributed by atoms with Gasteiger partial charge in [-0.1, -0.05) is 35.0 Å². The van der Waals surface area contributed by atoms with Gasteiger partial charge in [0.15, 0.2) is 11.0 Å². The Hall–Kier alpha value is -2.62. The molecule has 0 spiro atoms. The number of carbonyl (C=O) groups is 2. The van der Waals surface area contributed by atoms with Crippen molar-refractivity contribution in [2.75, 3.05) is 6.54 Å². The van der Waals surface area contributed by atoms with E-state index in [1.165, 1.54) is 0 Å². The molecule has 2 heterocycles. The SMILES string of the molecule is CCNC(=O)NC(=O)C(C)Sc1nnc(-c2cccnc2)n1-c1ccc(Cl)c(Cl)c1. The maximum Gasteiger partial charge on any atom is 0.321 e. The van der Waals surface area contributed by atoms with Crippen molar-refractivity contribution in [1.82, 2.24) is 30.4 Å². The molecule has 0 aliphatic carbocycles. The van der Waals surface area contributed by atoms with Gasteiger partial charge in [-0.3, -0.25) is 19.7 Å². The van der Waals surface area contributed by atoms with Gasteiger partial charge in [-0.25, -0.2) is 4.79 Å². The van der Waals surface area contributed by atoms with Crippen molar-refractivity contribution in [3.8, 4) is 17.1 Å². The average molecular weight is 465 g/mol. The van der Waals surface area contributed by atoms with E-state index in [0.29, 0.717) is 33.3 Å². The van der Waals surface area contributed by atoms with Gasteiger partial charge in [-0.15, -0.1) is 10.2 Å². The first-order valence-electron chi connectivity index (χ1n) is 8.97. The van der Waals surface area contributed by atoms with Crippen LogP contribution in [0.2, 0.25) is 10.0 Å². The fraction of sp³-hybridized carbons (Fsp3) is 0.211. The molecular weight excluding hydrogens is 447 g/mol. The summed E-state index contributed by atoms with van der Waals surface area (Å²) >= 11 is 13.4. The highest BCUT2D eigenvalue weighted by Crippen LogP contribution is 2.32. The lowest BCUT2D eigenvalue weighted by atomic mass is 10.2. The highest BCUT2D eigenvalue weighted by Gasteiger charge is 2.23. The molecule has 2 N–H and O–H groups in total. The molecule has 0 saturated heterocycles. The van der Waals surface area contributed by atoms with Crippen LogP contribution in [0.15, 0.2) is 47.9 Å². The van der Waals surface area contributed by atoms with Crippen LogP contribution < -0.4 is 10.6 Å². The number of benzene rings is 1. The lowest BCUT2D eigenvalue weighted by Gasteiger charge is -2.14. The number of hydrogen-bond donors (Lipinski definition) is 2. The Morgan fingerprint density at radius 2 is 2.00 bits per heavy atom. The molecule has 1 unspecified atom stereocenters. The topological polar surface area (TPSA) is 102 Å². The summed E-state index contributed by atoms with van der Waals surface area (Å²) in [5, 5.41) is 14.0. The third kappa shape index (κ3) is 5.10. The zero-order valence-corrected chi connectivity index (χ0v) is 18.4. The third-order valence-corrected chi connectivity index (χ3v) is 5.72. The molecule has 2 aromatic heterocycles. The molecule has 1 aromatic carbocycles. The molecule has 156 valence electrons. The predicted molar refractivity (Wildman–Crippen MR) is 117 cm³/mol. The Morgan fingerprint density at radius 3 is 2.67 bits per heavy atom. The van der Waals surface area contributed by atoms with E-state index >= 15 is 0 Å². The van der Waals surface area contributed by atoms with Crippen molar-refractivity contribution in [3.63, 3.8) is 0 Å². The smallest absolute Gasteiger partial charge is 0.321 e. The van der Waals surface area contributed by atoms with E-state index in [4.69, 9.17) is 23.2 Å². The number of carbonyl (C=O) groups excluding carboxylic acids is 2. The van der Waals surface area contributed by atoms with Crippen LogP contribution in [0.4, 0.5) is 4.79 Å². The van der Waals surface area contributed by atoms with E-state index in [0.717, 1.165) is 17.3 Å². The lowest BCUT2D eigenvalue weighted by molar-refractivity contribution is -0.119. The molecule has 0 bridgehead atoms. The van der Waals surface area contributed by atoms with E-state index in [1.54, 1.807) is 55.1 Å². The number of amides is 3. The number of pyridine rings is 1. The molecule has 1 atom stereocenters. The Bertz CT molecular complexity index is 1060. The first-order valence-corrected chi connectivity index (χ1v) is 10.6. The van der Waals surface area contributed by atoms with Crippen LogP contribution in [0.25, 0.3) is 17.1 Å². The van der Waals surface area contributed by atoms with E-state index in [1.807, 2.05) is 6.07 Å². The maximum atomic E-state index is 12.4. The fourth-order valence-electron chi connectivity index (χ4n) is 2.52. The van der Waals surface area contributed by atoms with Gasteiger partial charge < -0.3 is 5.32 Å². The van der Waals surface area contributed by atoms with E-state index in [2.05, 4.69) is 25.8 Å². The summed E-state index contributed by atoms with van der Waals surface area (Å²) in [7, 11) is 0. The summed E-state index contributed by atoms with van der Waals surface area (Å²) in [5.74, 6) is 0.0814. The number of rotatable bonds is 6. The van der Waals surface area contributed by atoms with Crippen LogP contribution in [0.1, 0.15) is 13.8 Å². The van der Waals surface area contributed by atoms with Gasteiger partial charge in [-0.2, -0.15) is 0 Å². The Kier molecular flexibility index (Phi) is 7.30. The summed E-state index contributed by atoms with van der Waals surface area (Å²) in [6.07, 6.45) is 3.32. The fourth-order valence-corrected chi connectivity index (χ4v) is 3.67. The number of imide groups is 1. The second kappa shape index (κ2) is 9.92. The number of nitrogens with zero attached hydrogens (tertiary/aromatic N) is 4. The molecule has 0 fully saturated rings. The monoisotopic (exact) mass is 464 g/mol. The molecule has 0 aliphatic rings. The molecule has 0 aliphatic heterocycles. The normalized spacial score (nSPS) is 11.7. The molecule has 0 saturated carbocycles. The first kappa shape index (κ1) is 22.1. The van der Waals surface area contributed by atoms with Crippen LogP contribution in [0.5, 0.6) is 0 Å². The van der Waals surface area contributed by atoms with E-state index < -0.39 is 17.2 Å². The predicted octanol–water partition coefficient (Wildman–Crippen LogP) is 3.96. The molecule has 11 heteroatoms. The minimum atomic E-state index is -0.611. The minimum Gasteiger partial charge on any atom is -0.338 e. The molecule has 0 radical (unpaired) electrons. The zero-order valence-electron chi connectivity index (χ0n) is 16.1. The summed E-state index contributed by atoms with van der Waals surface area (Å²) in [6.45, 7) is 3.86. The highest BCUT2D eigenvalue weighted by atomic mass is 35.5. The van der Waals surface area contributed by atoms with Crippen LogP contribution >= 0.6 is 35.0 Å². The molecule has 3 amide bonds. The van der Waals surface area contributed by atoms with Gasteiger partial charge in [0, 0.05) is 24.5 Å². The van der Waals surface area contributed by atoms with Crippen LogP contribution in [0, 0.1) is 0 Å². The Morgan fingerprint density at radius 1 is 1.20 bits per heavy atom. The van der Waals surface area contributed by atoms with Gasteiger partial charge in [0.2, 0.25) is 5.91 Å². The van der Waals surface area contributed by atoms with Crippen LogP contribution in [-0.2, 0) is 4.79 Å². The number of hydrogen-bond acceptors (Lipinski definition) is 6. The van der Waals surface area contributed by atoms with E-state index in [-0.39, 0.29) is 0 Å². The minimum absolute atomic E-state index is 0.373. The van der Waals surface area contributed by atoms with Crippen molar-refractivity contribution < 1.29 is 9.59 Å². The number of aromatic nitrogens is 4. The average Bonchev–Trinajstić information content (AvgIpc) is 3.14. The van der Waals surface area contributed by atoms with Crippen molar-refractivity contribution in [2.24, 2.45) is 0 Å². The number of halogens is 2. The number of nitrogens with one attached hydrogen (secondary N) is 2. The Balaban J connectivity index is 1.96. The molecular formula is C19H18Cl2N6O2S.